The molecule has 0 saturated heterocycles. The van der Waals surface area contributed by atoms with Crippen LogP contribution in [0.1, 0.15) is 25.2 Å². The molecule has 2 aromatic carbocycles. The number of aryl methyl sites for hydroxylation is 1. The van der Waals surface area contributed by atoms with Crippen LogP contribution in [-0.4, -0.2) is 33.2 Å². The van der Waals surface area contributed by atoms with Crippen molar-refractivity contribution in [2.24, 2.45) is 0 Å². The Labute approximate surface area is 163 Å². The molecule has 0 amide bonds. The number of benzene rings is 2. The van der Waals surface area contributed by atoms with Crippen molar-refractivity contribution in [2.45, 2.75) is 27.4 Å². The van der Waals surface area contributed by atoms with E-state index in [1.54, 1.807) is 19.1 Å². The molecule has 3 rings (SSSR count). The summed E-state index contributed by atoms with van der Waals surface area (Å²) in [6, 6.07) is 12.8. The normalized spacial score (nSPS) is 10.7. The Morgan fingerprint density at radius 3 is 2.64 bits per heavy atom. The number of anilines is 1. The van der Waals surface area contributed by atoms with Crippen LogP contribution in [-0.2, 0) is 6.61 Å². The topological polar surface area (TPSA) is 97.2 Å². The van der Waals surface area contributed by atoms with E-state index in [1.165, 1.54) is 6.07 Å². The summed E-state index contributed by atoms with van der Waals surface area (Å²) in [6.45, 7) is 8.04. The quantitative estimate of drug-likeness (QED) is 0.466. The van der Waals surface area contributed by atoms with Crippen molar-refractivity contribution in [2.75, 3.05) is 18.0 Å². The highest BCUT2D eigenvalue weighted by atomic mass is 16.6. The first-order valence-corrected chi connectivity index (χ1v) is 9.16. The molecule has 0 aliphatic carbocycles. The van der Waals surface area contributed by atoms with Gasteiger partial charge in [0, 0.05) is 42.0 Å². The Morgan fingerprint density at radius 2 is 1.96 bits per heavy atom. The maximum absolute atomic E-state index is 10.9. The van der Waals surface area contributed by atoms with Crippen LogP contribution in [0.4, 0.5) is 11.4 Å². The van der Waals surface area contributed by atoms with Gasteiger partial charge in [0.2, 0.25) is 0 Å². The molecule has 28 heavy (non-hydrogen) atoms. The van der Waals surface area contributed by atoms with E-state index in [1.807, 2.05) is 18.2 Å². The number of ether oxygens (including phenoxy) is 1. The maximum Gasteiger partial charge on any atom is 0.272 e. The van der Waals surface area contributed by atoms with E-state index >= 15 is 0 Å². The second kappa shape index (κ2) is 8.51. The minimum atomic E-state index is -0.400. The standard InChI is InChI=1S/C20H23N5O3/c1-4-24(5-2)16-7-6-8-17(12-16)28-13-19-21-20(23-22-19)15-9-10-18(25(26)27)14(3)11-15/h6-12H,4-5,13H2,1-3H3,(H,21,22,23). The number of nitrogens with one attached hydrogen (secondary N) is 1. The third-order valence-corrected chi connectivity index (χ3v) is 4.51. The van der Waals surface area contributed by atoms with Crippen LogP contribution in [0.5, 0.6) is 5.75 Å². The molecule has 3 aromatic rings. The lowest BCUT2D eigenvalue weighted by atomic mass is 10.1. The lowest BCUT2D eigenvalue weighted by Crippen LogP contribution is -2.21. The Kier molecular flexibility index (Phi) is 5.88. The summed E-state index contributed by atoms with van der Waals surface area (Å²) >= 11 is 0. The van der Waals surface area contributed by atoms with Gasteiger partial charge in [0.05, 0.1) is 4.92 Å². The van der Waals surface area contributed by atoms with Gasteiger partial charge in [-0.1, -0.05) is 6.07 Å². The molecule has 0 aliphatic heterocycles. The van der Waals surface area contributed by atoms with Crippen LogP contribution >= 0.6 is 0 Å². The van der Waals surface area contributed by atoms with E-state index in [9.17, 15) is 10.1 Å². The van der Waals surface area contributed by atoms with Gasteiger partial charge in [0.15, 0.2) is 11.6 Å². The van der Waals surface area contributed by atoms with E-state index in [-0.39, 0.29) is 12.3 Å². The molecule has 0 atom stereocenters. The zero-order chi connectivity index (χ0) is 20.1. The summed E-state index contributed by atoms with van der Waals surface area (Å²) in [5.41, 5.74) is 2.48. The molecule has 1 heterocycles. The van der Waals surface area contributed by atoms with E-state index in [4.69, 9.17) is 4.74 Å². The average Bonchev–Trinajstić information content (AvgIpc) is 3.16. The molecule has 0 spiro atoms. The Hall–Kier alpha value is -3.42. The molecule has 0 aliphatic rings. The SMILES string of the molecule is CCN(CC)c1cccc(OCc2nc(-c3ccc([N+](=O)[O-])c(C)c3)n[nH]2)c1. The highest BCUT2D eigenvalue weighted by Gasteiger charge is 2.13. The summed E-state index contributed by atoms with van der Waals surface area (Å²) in [5.74, 6) is 1.82. The number of aromatic nitrogens is 3. The molecule has 0 bridgehead atoms. The fourth-order valence-electron chi connectivity index (χ4n) is 3.00. The van der Waals surface area contributed by atoms with E-state index in [2.05, 4.69) is 40.0 Å². The summed E-state index contributed by atoms with van der Waals surface area (Å²) in [4.78, 5) is 17.2. The molecule has 0 saturated carbocycles. The number of H-pyrrole nitrogens is 1. The van der Waals surface area contributed by atoms with Gasteiger partial charge >= 0.3 is 0 Å². The van der Waals surface area contributed by atoms with Crippen LogP contribution in [0, 0.1) is 17.0 Å². The number of nitrogens with zero attached hydrogens (tertiary/aromatic N) is 4. The lowest BCUT2D eigenvalue weighted by molar-refractivity contribution is -0.385. The summed E-state index contributed by atoms with van der Waals surface area (Å²) in [6.07, 6.45) is 0. The molecule has 0 radical (unpaired) electrons. The highest BCUT2D eigenvalue weighted by Crippen LogP contribution is 2.24. The van der Waals surface area contributed by atoms with Gasteiger partial charge in [0.25, 0.3) is 5.69 Å². The van der Waals surface area contributed by atoms with E-state index in [0.717, 1.165) is 24.5 Å². The molecule has 1 N–H and O–H groups in total. The van der Waals surface area contributed by atoms with Crippen LogP contribution in [0.3, 0.4) is 0 Å². The van der Waals surface area contributed by atoms with Crippen molar-refractivity contribution in [3.8, 4) is 17.1 Å². The van der Waals surface area contributed by atoms with Crippen LogP contribution in [0.25, 0.3) is 11.4 Å². The molecular weight excluding hydrogens is 358 g/mol. The van der Waals surface area contributed by atoms with Crippen LogP contribution in [0.15, 0.2) is 42.5 Å². The number of hydrogen-bond acceptors (Lipinski definition) is 6. The summed E-state index contributed by atoms with van der Waals surface area (Å²) in [7, 11) is 0. The van der Waals surface area contributed by atoms with Crippen molar-refractivity contribution >= 4 is 11.4 Å². The molecule has 1 aromatic heterocycles. The van der Waals surface area contributed by atoms with Gasteiger partial charge in [0.1, 0.15) is 12.4 Å². The van der Waals surface area contributed by atoms with Crippen molar-refractivity contribution in [1.29, 1.82) is 0 Å². The van der Waals surface area contributed by atoms with Gasteiger partial charge in [-0.25, -0.2) is 4.98 Å². The third kappa shape index (κ3) is 4.28. The predicted octanol–water partition coefficient (Wildman–Crippen LogP) is 4.11. The van der Waals surface area contributed by atoms with Gasteiger partial charge in [-0.2, -0.15) is 5.10 Å². The van der Waals surface area contributed by atoms with Crippen LogP contribution < -0.4 is 9.64 Å². The van der Waals surface area contributed by atoms with E-state index in [0.29, 0.717) is 22.8 Å². The number of rotatable bonds is 8. The monoisotopic (exact) mass is 381 g/mol. The van der Waals surface area contributed by atoms with Gasteiger partial charge in [-0.05, 0) is 45.0 Å². The highest BCUT2D eigenvalue weighted by molar-refractivity contribution is 5.60. The molecule has 8 nitrogen and oxygen atoms in total. The van der Waals surface area contributed by atoms with Crippen molar-refractivity contribution in [3.05, 3.63) is 64.0 Å². The second-order valence-corrected chi connectivity index (χ2v) is 6.32. The minimum Gasteiger partial charge on any atom is -0.486 e. The number of aromatic amines is 1. The first-order chi connectivity index (χ1) is 13.5. The zero-order valence-electron chi connectivity index (χ0n) is 16.2. The first kappa shape index (κ1) is 19.3. The van der Waals surface area contributed by atoms with Gasteiger partial charge < -0.3 is 9.64 Å². The van der Waals surface area contributed by atoms with Crippen molar-refractivity contribution < 1.29 is 9.66 Å². The Bertz CT molecular complexity index is 966. The summed E-state index contributed by atoms with van der Waals surface area (Å²) < 4.78 is 5.85. The molecule has 0 unspecified atom stereocenters. The van der Waals surface area contributed by atoms with Crippen LogP contribution in [0.2, 0.25) is 0 Å². The maximum atomic E-state index is 10.9. The first-order valence-electron chi connectivity index (χ1n) is 9.16. The van der Waals surface area contributed by atoms with E-state index < -0.39 is 4.92 Å². The predicted molar refractivity (Wildman–Crippen MR) is 108 cm³/mol. The molecular formula is C20H23N5O3. The Balaban J connectivity index is 1.69. The lowest BCUT2D eigenvalue weighted by Gasteiger charge is -2.21. The number of nitro groups is 1. The fourth-order valence-corrected chi connectivity index (χ4v) is 3.00. The summed E-state index contributed by atoms with van der Waals surface area (Å²) in [5, 5.41) is 18.0. The number of nitro benzene ring substituents is 1. The Morgan fingerprint density at radius 1 is 1.18 bits per heavy atom. The fraction of sp³-hybridized carbons (Fsp3) is 0.300. The van der Waals surface area contributed by atoms with Gasteiger partial charge in [-0.3, -0.25) is 15.2 Å². The smallest absolute Gasteiger partial charge is 0.272 e. The second-order valence-electron chi connectivity index (χ2n) is 6.32. The number of hydrogen-bond donors (Lipinski definition) is 1. The largest absolute Gasteiger partial charge is 0.486 e. The third-order valence-electron chi connectivity index (χ3n) is 4.51. The molecule has 8 heteroatoms. The molecule has 0 fully saturated rings. The zero-order valence-corrected chi connectivity index (χ0v) is 16.2. The van der Waals surface area contributed by atoms with Crippen molar-refractivity contribution in [1.82, 2.24) is 15.2 Å². The average molecular weight is 381 g/mol. The van der Waals surface area contributed by atoms with Gasteiger partial charge in [-0.15, -0.1) is 0 Å². The minimum absolute atomic E-state index is 0.0796. The molecule has 146 valence electrons. The van der Waals surface area contributed by atoms with Crippen molar-refractivity contribution in [3.63, 3.8) is 0 Å².